The summed E-state index contributed by atoms with van der Waals surface area (Å²) in [6, 6.07) is 16.6. The monoisotopic (exact) mass is 610 g/mol. The first-order chi connectivity index (χ1) is 12.7. The summed E-state index contributed by atoms with van der Waals surface area (Å²) >= 11 is 4.40. The minimum Gasteiger partial charge on any atom is -1.00 e. The molecule has 1 fully saturated rings. The van der Waals surface area contributed by atoms with Crippen molar-refractivity contribution >= 4 is 39.5 Å². The van der Waals surface area contributed by atoms with Gasteiger partial charge in [0, 0.05) is 16.1 Å². The number of amidine groups is 1. The molecule has 0 bridgehead atoms. The molecule has 4 nitrogen and oxygen atoms in total. The maximum atomic E-state index is 5.60. The molecule has 1 unspecified atom stereocenters. The van der Waals surface area contributed by atoms with Gasteiger partial charge < -0.3 is 33.5 Å². The van der Waals surface area contributed by atoms with Gasteiger partial charge in [0.1, 0.15) is 24.6 Å². The highest BCUT2D eigenvalue weighted by Gasteiger charge is 2.29. The molecule has 0 saturated carbocycles. The Labute approximate surface area is 196 Å². The molecule has 2 aromatic rings. The number of nitrogens with one attached hydrogen (secondary N) is 1. The Kier molecular flexibility index (Phi) is 9.51. The van der Waals surface area contributed by atoms with Gasteiger partial charge in [0.2, 0.25) is 0 Å². The number of rotatable bonds is 7. The Hall–Kier alpha value is -0.680. The van der Waals surface area contributed by atoms with Gasteiger partial charge in [-0.2, -0.15) is 0 Å². The van der Waals surface area contributed by atoms with Crippen LogP contribution in [0.2, 0.25) is 0 Å². The second-order valence-corrected chi connectivity index (χ2v) is 8.27. The van der Waals surface area contributed by atoms with Crippen LogP contribution in [0.15, 0.2) is 48.5 Å². The summed E-state index contributed by atoms with van der Waals surface area (Å²) in [5.41, 5.74) is 2.45. The van der Waals surface area contributed by atoms with Gasteiger partial charge in [0.05, 0.1) is 26.0 Å². The summed E-state index contributed by atoms with van der Waals surface area (Å²) in [5.74, 6) is 1.67. The zero-order valence-electron chi connectivity index (χ0n) is 15.5. The lowest BCUT2D eigenvalue weighted by Gasteiger charge is -2.14. The van der Waals surface area contributed by atoms with Crippen LogP contribution in [0.5, 0.6) is 11.5 Å². The number of hydrogen-bond acceptors (Lipinski definition) is 3. The Morgan fingerprint density at radius 2 is 1.89 bits per heavy atom. The molecule has 1 saturated heterocycles. The summed E-state index contributed by atoms with van der Waals surface area (Å²) < 4.78 is 14.5. The van der Waals surface area contributed by atoms with Crippen molar-refractivity contribution < 1.29 is 38.0 Å². The number of hydrogen-bond donors (Lipinski definition) is 1. The van der Waals surface area contributed by atoms with E-state index in [-0.39, 0.29) is 24.0 Å². The van der Waals surface area contributed by atoms with Gasteiger partial charge in [-0.15, -0.1) is 0 Å². The molecule has 3 rings (SSSR count). The number of thioether (sulfide) groups is 1. The molecule has 1 heterocycles. The zero-order chi connectivity index (χ0) is 18.4. The van der Waals surface area contributed by atoms with E-state index in [1.165, 1.54) is 10.7 Å². The van der Waals surface area contributed by atoms with E-state index in [0.29, 0.717) is 5.25 Å². The first kappa shape index (κ1) is 22.6. The second-order valence-electron chi connectivity index (χ2n) is 6.10. The molecular formula is C20H24I2N2O2S. The SMILES string of the molecule is COc1ccc(C[N+](Cc2ccccc2)=C2NCC(CI)S2)c(OC)c1.[I-]. The molecule has 0 spiro atoms. The van der Waals surface area contributed by atoms with E-state index in [1.807, 2.05) is 23.9 Å². The average Bonchev–Trinajstić information content (AvgIpc) is 3.17. The highest BCUT2D eigenvalue weighted by molar-refractivity contribution is 14.1. The number of benzene rings is 2. The van der Waals surface area contributed by atoms with Crippen LogP contribution in [0, 0.1) is 0 Å². The van der Waals surface area contributed by atoms with E-state index in [0.717, 1.165) is 41.1 Å². The molecule has 0 aliphatic carbocycles. The lowest BCUT2D eigenvalue weighted by atomic mass is 10.1. The normalized spacial score (nSPS) is 17.7. The first-order valence-corrected chi connectivity index (χ1v) is 11.0. The van der Waals surface area contributed by atoms with Crippen molar-refractivity contribution in [3.8, 4) is 11.5 Å². The summed E-state index contributed by atoms with van der Waals surface area (Å²) in [4.78, 5) is 0. The third-order valence-corrected chi connectivity index (χ3v) is 7.24. The highest BCUT2D eigenvalue weighted by Crippen LogP contribution is 2.27. The van der Waals surface area contributed by atoms with E-state index < -0.39 is 0 Å². The van der Waals surface area contributed by atoms with Crippen molar-refractivity contribution in [3.05, 3.63) is 59.7 Å². The molecule has 1 N–H and O–H groups in total. The van der Waals surface area contributed by atoms with Gasteiger partial charge in [0.15, 0.2) is 0 Å². The topological polar surface area (TPSA) is 33.5 Å². The fourth-order valence-electron chi connectivity index (χ4n) is 2.91. The Bertz CT molecular complexity index is 772. The molecule has 1 aliphatic heterocycles. The Morgan fingerprint density at radius 3 is 2.52 bits per heavy atom. The lowest BCUT2D eigenvalue weighted by molar-refractivity contribution is -0.559. The van der Waals surface area contributed by atoms with Crippen molar-refractivity contribution in [1.29, 1.82) is 0 Å². The second kappa shape index (κ2) is 11.4. The van der Waals surface area contributed by atoms with Crippen LogP contribution >= 0.6 is 34.4 Å². The van der Waals surface area contributed by atoms with Crippen LogP contribution in [0.1, 0.15) is 11.1 Å². The Morgan fingerprint density at radius 1 is 1.11 bits per heavy atom. The Balaban J connectivity index is 0.00000261. The van der Waals surface area contributed by atoms with Gasteiger partial charge in [0.25, 0.3) is 0 Å². The molecule has 0 amide bonds. The largest absolute Gasteiger partial charge is 1.00 e. The van der Waals surface area contributed by atoms with E-state index in [4.69, 9.17) is 9.47 Å². The molecule has 146 valence electrons. The van der Waals surface area contributed by atoms with Gasteiger partial charge in [-0.05, 0) is 29.5 Å². The molecule has 7 heteroatoms. The van der Waals surface area contributed by atoms with Gasteiger partial charge in [-0.3, -0.25) is 5.32 Å². The molecule has 0 aromatic heterocycles. The van der Waals surface area contributed by atoms with Crippen molar-refractivity contribution in [1.82, 2.24) is 5.32 Å². The third-order valence-electron chi connectivity index (χ3n) is 4.29. The van der Waals surface area contributed by atoms with E-state index in [1.54, 1.807) is 14.2 Å². The van der Waals surface area contributed by atoms with Crippen LogP contribution < -0.4 is 38.8 Å². The van der Waals surface area contributed by atoms with Crippen molar-refractivity contribution in [2.24, 2.45) is 0 Å². The average molecular weight is 610 g/mol. The lowest BCUT2D eigenvalue weighted by Crippen LogP contribution is -3.00. The summed E-state index contributed by atoms with van der Waals surface area (Å²) in [6.07, 6.45) is 0. The van der Waals surface area contributed by atoms with E-state index in [9.17, 15) is 0 Å². The van der Waals surface area contributed by atoms with Crippen LogP contribution in [-0.2, 0) is 13.1 Å². The van der Waals surface area contributed by atoms with Crippen LogP contribution in [0.3, 0.4) is 0 Å². The van der Waals surface area contributed by atoms with Gasteiger partial charge in [-0.1, -0.05) is 52.9 Å². The smallest absolute Gasteiger partial charge is 0.307 e. The standard InChI is InChI=1S/C20H23IN2O2S.HI/c1-24-17-9-8-16(19(10-17)25-2)14-23(13-15-6-4-3-5-7-15)20-22-12-18(11-21)26-20;/h3-10,18H,11-14H2,1-2H3;1H. The highest BCUT2D eigenvalue weighted by atomic mass is 127. The minimum atomic E-state index is 0. The van der Waals surface area contributed by atoms with Gasteiger partial charge >= 0.3 is 5.17 Å². The molecular weight excluding hydrogens is 586 g/mol. The van der Waals surface area contributed by atoms with E-state index >= 15 is 0 Å². The summed E-state index contributed by atoms with van der Waals surface area (Å²) in [7, 11) is 3.39. The van der Waals surface area contributed by atoms with Crippen molar-refractivity contribution in [3.63, 3.8) is 0 Å². The van der Waals surface area contributed by atoms with Crippen molar-refractivity contribution in [2.75, 3.05) is 25.2 Å². The molecule has 1 atom stereocenters. The predicted octanol–water partition coefficient (Wildman–Crippen LogP) is 0.916. The zero-order valence-corrected chi connectivity index (χ0v) is 20.6. The third kappa shape index (κ3) is 6.15. The fraction of sp³-hybridized carbons (Fsp3) is 0.350. The first-order valence-electron chi connectivity index (χ1n) is 8.56. The number of ether oxygens (including phenoxy) is 2. The summed E-state index contributed by atoms with van der Waals surface area (Å²) in [6.45, 7) is 2.67. The number of nitrogens with zero attached hydrogens (tertiary/aromatic N) is 1. The van der Waals surface area contributed by atoms with Gasteiger partial charge in [-0.25, -0.2) is 4.58 Å². The minimum absolute atomic E-state index is 0. The van der Waals surface area contributed by atoms with Crippen LogP contribution in [-0.4, -0.2) is 40.2 Å². The molecule has 1 aliphatic rings. The number of methoxy groups -OCH3 is 2. The quantitative estimate of drug-likeness (QED) is 0.288. The molecule has 0 radical (unpaired) electrons. The van der Waals surface area contributed by atoms with Crippen LogP contribution in [0.4, 0.5) is 0 Å². The van der Waals surface area contributed by atoms with E-state index in [2.05, 4.69) is 68.9 Å². The van der Waals surface area contributed by atoms with Crippen molar-refractivity contribution in [2.45, 2.75) is 18.3 Å². The maximum Gasteiger partial charge on any atom is 0.307 e. The van der Waals surface area contributed by atoms with Crippen LogP contribution in [0.25, 0.3) is 0 Å². The number of alkyl halides is 1. The maximum absolute atomic E-state index is 5.60. The molecule has 2 aromatic carbocycles. The molecule has 27 heavy (non-hydrogen) atoms. The summed E-state index contributed by atoms with van der Waals surface area (Å²) in [5, 5.41) is 5.46. The number of halogens is 2. The predicted molar refractivity (Wildman–Crippen MR) is 117 cm³/mol. The fourth-order valence-corrected chi connectivity index (χ4v) is 4.75.